The van der Waals surface area contributed by atoms with E-state index >= 15 is 0 Å². The second kappa shape index (κ2) is 7.81. The van der Waals surface area contributed by atoms with Crippen molar-refractivity contribution >= 4 is 5.69 Å². The van der Waals surface area contributed by atoms with Crippen molar-refractivity contribution in [3.8, 4) is 17.2 Å². The van der Waals surface area contributed by atoms with Gasteiger partial charge in [-0.2, -0.15) is 0 Å². The van der Waals surface area contributed by atoms with Crippen molar-refractivity contribution in [2.24, 2.45) is 0 Å². The quantitative estimate of drug-likeness (QED) is 0.371. The van der Waals surface area contributed by atoms with E-state index in [1.807, 2.05) is 6.07 Å². The molecular formula is C31H27NO3. The molecule has 0 N–H and O–H groups in total. The van der Waals surface area contributed by atoms with E-state index in [-0.39, 0.29) is 11.5 Å². The molecule has 1 spiro atoms. The molecule has 3 heterocycles. The van der Waals surface area contributed by atoms with Gasteiger partial charge in [-0.25, -0.2) is 0 Å². The normalized spacial score (nSPS) is 19.5. The Balaban J connectivity index is 1.42. The molecule has 0 aliphatic carbocycles. The summed E-state index contributed by atoms with van der Waals surface area (Å²) in [5.74, 6) is 2.49. The molecule has 3 aliphatic heterocycles. The number of nitrogens with zero attached hydrogens (tertiary/aromatic N) is 1. The van der Waals surface area contributed by atoms with E-state index in [4.69, 9.17) is 14.2 Å². The van der Waals surface area contributed by atoms with Crippen LogP contribution in [0.4, 0.5) is 5.69 Å². The number of rotatable bonds is 3. The molecule has 1 unspecified atom stereocenters. The predicted octanol–water partition coefficient (Wildman–Crippen LogP) is 6.05. The first kappa shape index (κ1) is 20.5. The molecule has 4 heteroatoms. The Morgan fingerprint density at radius 3 is 2.03 bits per heavy atom. The average molecular weight is 462 g/mol. The van der Waals surface area contributed by atoms with Crippen LogP contribution in [0.25, 0.3) is 0 Å². The zero-order valence-electron chi connectivity index (χ0n) is 19.7. The van der Waals surface area contributed by atoms with E-state index in [1.165, 1.54) is 33.5 Å². The average Bonchev–Trinajstić information content (AvgIpc) is 3.42. The molecule has 0 saturated heterocycles. The Kier molecular flexibility index (Phi) is 4.56. The summed E-state index contributed by atoms with van der Waals surface area (Å²) in [7, 11) is 0. The topological polar surface area (TPSA) is 30.9 Å². The molecule has 1 atom stereocenters. The molecule has 174 valence electrons. The minimum atomic E-state index is -0.270. The molecule has 0 fully saturated rings. The summed E-state index contributed by atoms with van der Waals surface area (Å²) >= 11 is 0. The first-order valence-electron chi connectivity index (χ1n) is 12.3. The minimum Gasteiger partial charge on any atom is -0.492 e. The van der Waals surface area contributed by atoms with Crippen molar-refractivity contribution in [2.75, 3.05) is 31.3 Å². The van der Waals surface area contributed by atoms with Crippen molar-refractivity contribution in [3.05, 3.63) is 119 Å². The second-order valence-corrected chi connectivity index (χ2v) is 9.74. The van der Waals surface area contributed by atoms with E-state index in [9.17, 15) is 0 Å². The van der Waals surface area contributed by atoms with Crippen LogP contribution in [0, 0.1) is 6.92 Å². The maximum absolute atomic E-state index is 6.38. The summed E-state index contributed by atoms with van der Waals surface area (Å²) in [4.78, 5) is 2.56. The van der Waals surface area contributed by atoms with Crippen LogP contribution in [0.15, 0.2) is 91.0 Å². The first-order chi connectivity index (χ1) is 17.2. The van der Waals surface area contributed by atoms with Gasteiger partial charge in [-0.1, -0.05) is 78.4 Å². The molecule has 0 saturated carbocycles. The lowest BCUT2D eigenvalue weighted by atomic mass is 9.77. The van der Waals surface area contributed by atoms with Gasteiger partial charge in [0.05, 0.1) is 11.5 Å². The van der Waals surface area contributed by atoms with E-state index in [2.05, 4.69) is 96.8 Å². The molecule has 0 radical (unpaired) electrons. The van der Waals surface area contributed by atoms with Crippen molar-refractivity contribution in [1.29, 1.82) is 0 Å². The summed E-state index contributed by atoms with van der Waals surface area (Å²) in [5, 5.41) is 0. The first-order valence-corrected chi connectivity index (χ1v) is 12.3. The second-order valence-electron chi connectivity index (χ2n) is 9.74. The molecule has 4 aromatic carbocycles. The number of hydrogen-bond donors (Lipinski definition) is 0. The van der Waals surface area contributed by atoms with Crippen LogP contribution < -0.4 is 19.1 Å². The number of aryl methyl sites for hydroxylation is 1. The van der Waals surface area contributed by atoms with Gasteiger partial charge >= 0.3 is 0 Å². The highest BCUT2D eigenvalue weighted by Crippen LogP contribution is 2.56. The van der Waals surface area contributed by atoms with Gasteiger partial charge in [-0.3, -0.25) is 0 Å². The van der Waals surface area contributed by atoms with Gasteiger partial charge in [0.2, 0.25) is 0 Å². The highest BCUT2D eigenvalue weighted by molar-refractivity contribution is 5.73. The number of fused-ring (bicyclic) bond motifs is 5. The van der Waals surface area contributed by atoms with E-state index in [1.54, 1.807) is 0 Å². The van der Waals surface area contributed by atoms with Crippen molar-refractivity contribution in [1.82, 2.24) is 0 Å². The van der Waals surface area contributed by atoms with E-state index in [0.717, 1.165) is 23.8 Å². The Hall–Kier alpha value is -3.92. The highest BCUT2D eigenvalue weighted by Gasteiger charge is 2.52. The lowest BCUT2D eigenvalue weighted by molar-refractivity contribution is 0.171. The molecular weight excluding hydrogens is 434 g/mol. The Bertz CT molecular complexity index is 1360. The standard InChI is InChI=1S/C31H27NO3/c1-21-12-13-26-24(16-21)31(20-35-27-18-29-28(17-25(27)31)33-14-15-34-29)19-32(26)30(22-8-4-2-5-9-22)23-10-6-3-7-11-23/h2-13,16-18,30H,14-15,19-20H2,1H3. The van der Waals surface area contributed by atoms with Gasteiger partial charge in [-0.05, 0) is 35.7 Å². The lowest BCUT2D eigenvalue weighted by Gasteiger charge is -2.33. The lowest BCUT2D eigenvalue weighted by Crippen LogP contribution is -2.38. The van der Waals surface area contributed by atoms with Gasteiger partial charge < -0.3 is 19.1 Å². The Morgan fingerprint density at radius 2 is 1.34 bits per heavy atom. The molecule has 0 amide bonds. The highest BCUT2D eigenvalue weighted by atomic mass is 16.6. The maximum Gasteiger partial charge on any atom is 0.165 e. The third kappa shape index (κ3) is 3.13. The smallest absolute Gasteiger partial charge is 0.165 e. The Morgan fingerprint density at radius 1 is 0.686 bits per heavy atom. The van der Waals surface area contributed by atoms with Crippen molar-refractivity contribution in [3.63, 3.8) is 0 Å². The fourth-order valence-corrected chi connectivity index (χ4v) is 5.99. The molecule has 3 aliphatic rings. The molecule has 0 bridgehead atoms. The van der Waals surface area contributed by atoms with Crippen molar-refractivity contribution in [2.45, 2.75) is 18.4 Å². The summed E-state index contributed by atoms with van der Waals surface area (Å²) in [6.07, 6.45) is 0. The molecule has 4 aromatic rings. The van der Waals surface area contributed by atoms with E-state index in [0.29, 0.717) is 19.8 Å². The maximum atomic E-state index is 6.38. The third-order valence-electron chi connectivity index (χ3n) is 7.59. The van der Waals surface area contributed by atoms with Gasteiger partial charge in [0, 0.05) is 23.9 Å². The van der Waals surface area contributed by atoms with Crippen LogP contribution in [-0.2, 0) is 5.41 Å². The van der Waals surface area contributed by atoms with Crippen LogP contribution in [0.1, 0.15) is 33.9 Å². The van der Waals surface area contributed by atoms with Crippen LogP contribution in [0.3, 0.4) is 0 Å². The molecule has 0 aromatic heterocycles. The number of benzene rings is 4. The largest absolute Gasteiger partial charge is 0.492 e. The summed E-state index contributed by atoms with van der Waals surface area (Å²) in [6, 6.07) is 32.7. The summed E-state index contributed by atoms with van der Waals surface area (Å²) in [6.45, 7) is 4.75. The summed E-state index contributed by atoms with van der Waals surface area (Å²) in [5.41, 5.74) is 7.33. The molecule has 7 rings (SSSR count). The molecule has 35 heavy (non-hydrogen) atoms. The van der Waals surface area contributed by atoms with Gasteiger partial charge in [0.1, 0.15) is 25.6 Å². The summed E-state index contributed by atoms with van der Waals surface area (Å²) < 4.78 is 18.2. The van der Waals surface area contributed by atoms with Crippen LogP contribution in [0.5, 0.6) is 17.2 Å². The van der Waals surface area contributed by atoms with Gasteiger partial charge in [-0.15, -0.1) is 0 Å². The number of anilines is 1. The van der Waals surface area contributed by atoms with Crippen LogP contribution in [-0.4, -0.2) is 26.4 Å². The molecule has 4 nitrogen and oxygen atoms in total. The third-order valence-corrected chi connectivity index (χ3v) is 7.59. The Labute approximate surface area is 205 Å². The van der Waals surface area contributed by atoms with Crippen LogP contribution >= 0.6 is 0 Å². The monoisotopic (exact) mass is 461 g/mol. The fraction of sp³-hybridized carbons (Fsp3) is 0.226. The minimum absolute atomic E-state index is 0.0968. The number of hydrogen-bond acceptors (Lipinski definition) is 4. The SMILES string of the molecule is Cc1ccc2c(c1)C1(COc3cc4c(cc31)OCCO4)CN2C(c1ccccc1)c1ccccc1. The van der Waals surface area contributed by atoms with Crippen molar-refractivity contribution < 1.29 is 14.2 Å². The van der Waals surface area contributed by atoms with Crippen LogP contribution in [0.2, 0.25) is 0 Å². The predicted molar refractivity (Wildman–Crippen MR) is 137 cm³/mol. The zero-order chi connectivity index (χ0) is 23.4. The number of ether oxygens (including phenoxy) is 3. The van der Waals surface area contributed by atoms with Gasteiger partial charge in [0.15, 0.2) is 11.5 Å². The van der Waals surface area contributed by atoms with Gasteiger partial charge in [0.25, 0.3) is 0 Å². The zero-order valence-corrected chi connectivity index (χ0v) is 19.7. The fourth-order valence-electron chi connectivity index (χ4n) is 5.99. The van der Waals surface area contributed by atoms with E-state index < -0.39 is 0 Å².